The van der Waals surface area contributed by atoms with Gasteiger partial charge in [-0.15, -0.1) is 11.8 Å². The molecule has 0 radical (unpaired) electrons. The number of benzene rings is 1. The fourth-order valence-electron chi connectivity index (χ4n) is 2.62. The molecule has 0 aliphatic heterocycles. The van der Waals surface area contributed by atoms with Crippen molar-refractivity contribution < 1.29 is 13.2 Å². The smallest absolute Gasteiger partial charge is 0.230 e. The first-order chi connectivity index (χ1) is 10.4. The SMILES string of the molecule is CS(=O)(=O)c1ccc(SCC(=O)NC2CCCCCC2)cc1. The predicted molar refractivity (Wildman–Crippen MR) is 89.9 cm³/mol. The van der Waals surface area contributed by atoms with E-state index in [2.05, 4.69) is 5.32 Å². The summed E-state index contributed by atoms with van der Waals surface area (Å²) < 4.78 is 22.8. The number of thioether (sulfide) groups is 1. The van der Waals surface area contributed by atoms with Crippen LogP contribution in [0.4, 0.5) is 0 Å². The van der Waals surface area contributed by atoms with Gasteiger partial charge in [-0.2, -0.15) is 0 Å². The Morgan fingerprint density at radius 3 is 2.27 bits per heavy atom. The van der Waals surface area contributed by atoms with Gasteiger partial charge >= 0.3 is 0 Å². The summed E-state index contributed by atoms with van der Waals surface area (Å²) in [4.78, 5) is 13.2. The summed E-state index contributed by atoms with van der Waals surface area (Å²) in [7, 11) is -3.16. The molecule has 0 aromatic heterocycles. The van der Waals surface area contributed by atoms with Gasteiger partial charge in [-0.3, -0.25) is 4.79 Å². The maximum atomic E-state index is 12.0. The summed E-state index contributed by atoms with van der Waals surface area (Å²) in [5.41, 5.74) is 0. The van der Waals surface area contributed by atoms with Crippen LogP contribution in [0.15, 0.2) is 34.1 Å². The predicted octanol–water partition coefficient (Wildman–Crippen LogP) is 3.02. The molecule has 4 nitrogen and oxygen atoms in total. The fraction of sp³-hybridized carbons (Fsp3) is 0.562. The molecule has 1 saturated carbocycles. The van der Waals surface area contributed by atoms with Gasteiger partial charge in [0.15, 0.2) is 9.84 Å². The van der Waals surface area contributed by atoms with Gasteiger partial charge < -0.3 is 5.32 Å². The first kappa shape index (κ1) is 17.3. The van der Waals surface area contributed by atoms with Crippen LogP contribution in [-0.4, -0.2) is 32.4 Å². The zero-order chi connectivity index (χ0) is 16.0. The van der Waals surface area contributed by atoms with E-state index in [-0.39, 0.29) is 5.91 Å². The Kier molecular flexibility index (Phi) is 6.32. The van der Waals surface area contributed by atoms with Crippen molar-refractivity contribution in [3.8, 4) is 0 Å². The normalized spacial score (nSPS) is 17.0. The van der Waals surface area contributed by atoms with E-state index in [1.165, 1.54) is 43.7 Å². The van der Waals surface area contributed by atoms with E-state index < -0.39 is 9.84 Å². The number of rotatable bonds is 5. The molecular weight excluding hydrogens is 318 g/mol. The monoisotopic (exact) mass is 341 g/mol. The standard InChI is InChI=1S/C16H23NO3S2/c1-22(19,20)15-10-8-14(9-11-15)21-12-16(18)17-13-6-4-2-3-5-7-13/h8-11,13H,2-7,12H2,1H3,(H,17,18). The largest absolute Gasteiger partial charge is 0.353 e. The van der Waals surface area contributed by atoms with Crippen molar-refractivity contribution in [2.24, 2.45) is 0 Å². The van der Waals surface area contributed by atoms with Crippen LogP contribution < -0.4 is 5.32 Å². The van der Waals surface area contributed by atoms with E-state index in [1.807, 2.05) is 0 Å². The Balaban J connectivity index is 1.80. The second kappa shape index (κ2) is 8.02. The fourth-order valence-corrected chi connectivity index (χ4v) is 3.97. The molecule has 0 spiro atoms. The molecule has 1 fully saturated rings. The quantitative estimate of drug-likeness (QED) is 0.660. The molecule has 0 atom stereocenters. The summed E-state index contributed by atoms with van der Waals surface area (Å²) in [5.74, 6) is 0.429. The lowest BCUT2D eigenvalue weighted by molar-refractivity contribution is -0.119. The average Bonchev–Trinajstić information content (AvgIpc) is 2.73. The molecule has 2 rings (SSSR count). The molecule has 1 aliphatic rings. The molecule has 1 aromatic carbocycles. The van der Waals surface area contributed by atoms with Crippen molar-refractivity contribution in [3.05, 3.63) is 24.3 Å². The minimum Gasteiger partial charge on any atom is -0.353 e. The summed E-state index contributed by atoms with van der Waals surface area (Å²) in [5, 5.41) is 3.11. The minimum absolute atomic E-state index is 0.0593. The van der Waals surface area contributed by atoms with Crippen molar-refractivity contribution in [3.63, 3.8) is 0 Å². The van der Waals surface area contributed by atoms with E-state index in [0.29, 0.717) is 16.7 Å². The van der Waals surface area contributed by atoms with Crippen molar-refractivity contribution >= 4 is 27.5 Å². The van der Waals surface area contributed by atoms with Crippen molar-refractivity contribution in [2.45, 2.75) is 54.4 Å². The highest BCUT2D eigenvalue weighted by molar-refractivity contribution is 8.00. The number of sulfone groups is 1. The first-order valence-electron chi connectivity index (χ1n) is 7.67. The van der Waals surface area contributed by atoms with Crippen LogP contribution in [0, 0.1) is 0 Å². The Bertz CT molecular complexity index is 588. The molecule has 1 amide bonds. The lowest BCUT2D eigenvalue weighted by Crippen LogP contribution is -2.35. The average molecular weight is 341 g/mol. The van der Waals surface area contributed by atoms with Crippen molar-refractivity contribution in [2.75, 3.05) is 12.0 Å². The molecule has 22 heavy (non-hydrogen) atoms. The first-order valence-corrected chi connectivity index (χ1v) is 10.5. The molecule has 1 N–H and O–H groups in total. The molecule has 0 bridgehead atoms. The third kappa shape index (κ3) is 5.65. The van der Waals surface area contributed by atoms with Gasteiger partial charge in [0, 0.05) is 17.2 Å². The van der Waals surface area contributed by atoms with Crippen LogP contribution in [0.2, 0.25) is 0 Å². The number of amides is 1. The van der Waals surface area contributed by atoms with Gasteiger partial charge in [-0.05, 0) is 37.1 Å². The molecular formula is C16H23NO3S2. The van der Waals surface area contributed by atoms with Gasteiger partial charge in [-0.1, -0.05) is 25.7 Å². The van der Waals surface area contributed by atoms with Crippen LogP contribution in [0.25, 0.3) is 0 Å². The van der Waals surface area contributed by atoms with Crippen LogP contribution in [-0.2, 0) is 14.6 Å². The van der Waals surface area contributed by atoms with E-state index in [1.54, 1.807) is 24.3 Å². The number of hydrogen-bond acceptors (Lipinski definition) is 4. The highest BCUT2D eigenvalue weighted by atomic mass is 32.2. The van der Waals surface area contributed by atoms with E-state index in [4.69, 9.17) is 0 Å². The topological polar surface area (TPSA) is 63.2 Å². The van der Waals surface area contributed by atoms with Crippen LogP contribution in [0.3, 0.4) is 0 Å². The number of carbonyl (C=O) groups is 1. The highest BCUT2D eigenvalue weighted by Crippen LogP contribution is 2.21. The molecule has 0 heterocycles. The van der Waals surface area contributed by atoms with Gasteiger partial charge in [0.25, 0.3) is 0 Å². The molecule has 0 unspecified atom stereocenters. The van der Waals surface area contributed by atoms with Crippen LogP contribution in [0.1, 0.15) is 38.5 Å². The molecule has 6 heteroatoms. The lowest BCUT2D eigenvalue weighted by atomic mass is 10.1. The zero-order valence-corrected chi connectivity index (χ0v) is 14.5. The summed E-state index contributed by atoms with van der Waals surface area (Å²) in [6.45, 7) is 0. The molecule has 1 aromatic rings. The zero-order valence-electron chi connectivity index (χ0n) is 12.9. The van der Waals surface area contributed by atoms with Crippen LogP contribution in [0.5, 0.6) is 0 Å². The Labute approximate surface area is 137 Å². The Morgan fingerprint density at radius 1 is 1.14 bits per heavy atom. The molecule has 122 valence electrons. The minimum atomic E-state index is -3.16. The third-order valence-electron chi connectivity index (χ3n) is 3.84. The van der Waals surface area contributed by atoms with E-state index >= 15 is 0 Å². The van der Waals surface area contributed by atoms with Crippen LogP contribution >= 0.6 is 11.8 Å². The number of hydrogen-bond donors (Lipinski definition) is 1. The molecule has 0 saturated heterocycles. The second-order valence-electron chi connectivity index (χ2n) is 5.79. The maximum absolute atomic E-state index is 12.0. The lowest BCUT2D eigenvalue weighted by Gasteiger charge is -2.16. The second-order valence-corrected chi connectivity index (χ2v) is 8.85. The van der Waals surface area contributed by atoms with E-state index in [9.17, 15) is 13.2 Å². The van der Waals surface area contributed by atoms with E-state index in [0.717, 1.165) is 17.7 Å². The highest BCUT2D eigenvalue weighted by Gasteiger charge is 2.14. The summed E-state index contributed by atoms with van der Waals surface area (Å²) in [6, 6.07) is 6.99. The van der Waals surface area contributed by atoms with Crippen molar-refractivity contribution in [1.29, 1.82) is 0 Å². The van der Waals surface area contributed by atoms with Gasteiger partial charge in [0.2, 0.25) is 5.91 Å². The summed E-state index contributed by atoms with van der Waals surface area (Å²) in [6.07, 6.45) is 8.30. The summed E-state index contributed by atoms with van der Waals surface area (Å²) >= 11 is 1.43. The third-order valence-corrected chi connectivity index (χ3v) is 5.98. The van der Waals surface area contributed by atoms with Crippen molar-refractivity contribution in [1.82, 2.24) is 5.32 Å². The number of nitrogens with one attached hydrogen (secondary N) is 1. The maximum Gasteiger partial charge on any atom is 0.230 e. The van der Waals surface area contributed by atoms with Gasteiger partial charge in [-0.25, -0.2) is 8.42 Å². The molecule has 1 aliphatic carbocycles. The van der Waals surface area contributed by atoms with Gasteiger partial charge in [0.05, 0.1) is 10.6 Å². The van der Waals surface area contributed by atoms with Gasteiger partial charge in [0.1, 0.15) is 0 Å². The Morgan fingerprint density at radius 2 is 1.73 bits per heavy atom. The Hall–Kier alpha value is -1.01. The number of carbonyl (C=O) groups excluding carboxylic acids is 1.